The molecule has 6 heteroatoms. The molecule has 2 aromatic heterocycles. The van der Waals surface area contributed by atoms with Crippen molar-refractivity contribution in [3.8, 4) is 0 Å². The Labute approximate surface area is 143 Å². The molecule has 1 unspecified atom stereocenters. The summed E-state index contributed by atoms with van der Waals surface area (Å²) in [7, 11) is 0. The minimum absolute atomic E-state index is 0.0794. The van der Waals surface area contributed by atoms with Gasteiger partial charge in [-0.25, -0.2) is 4.98 Å². The number of hydrogen-bond acceptors (Lipinski definition) is 5. The Morgan fingerprint density at radius 1 is 1.21 bits per heavy atom. The van der Waals surface area contributed by atoms with Crippen LogP contribution in [0.25, 0.3) is 10.2 Å². The Balaban J connectivity index is 1.44. The summed E-state index contributed by atoms with van der Waals surface area (Å²) in [5.41, 5.74) is 2.64. The van der Waals surface area contributed by atoms with E-state index < -0.39 is 6.10 Å². The zero-order chi connectivity index (χ0) is 16.5. The van der Waals surface area contributed by atoms with Gasteiger partial charge in [-0.2, -0.15) is 0 Å². The van der Waals surface area contributed by atoms with Gasteiger partial charge in [0.05, 0.1) is 24.4 Å². The van der Waals surface area contributed by atoms with Gasteiger partial charge in [-0.05, 0) is 29.0 Å². The molecule has 0 fully saturated rings. The van der Waals surface area contributed by atoms with E-state index in [4.69, 9.17) is 0 Å². The van der Waals surface area contributed by atoms with Crippen molar-refractivity contribution in [3.05, 3.63) is 63.5 Å². The van der Waals surface area contributed by atoms with Gasteiger partial charge < -0.3 is 5.11 Å². The average Bonchev–Trinajstić information content (AvgIpc) is 3.07. The molecule has 0 radical (unpaired) electrons. The fourth-order valence-electron chi connectivity index (χ4n) is 3.32. The van der Waals surface area contributed by atoms with E-state index in [9.17, 15) is 9.90 Å². The first-order valence-corrected chi connectivity index (χ1v) is 8.98. The van der Waals surface area contributed by atoms with Crippen LogP contribution < -0.4 is 5.56 Å². The largest absolute Gasteiger partial charge is 0.390 e. The monoisotopic (exact) mass is 341 g/mol. The van der Waals surface area contributed by atoms with Crippen molar-refractivity contribution in [1.29, 1.82) is 0 Å². The Kier molecular flexibility index (Phi) is 4.18. The van der Waals surface area contributed by atoms with Crippen LogP contribution in [-0.2, 0) is 19.5 Å². The third kappa shape index (κ3) is 3.00. The minimum atomic E-state index is -0.592. The normalized spacial score (nSPS) is 16.2. The number of hydrogen-bond donors (Lipinski definition) is 1. The second-order valence-electron chi connectivity index (χ2n) is 6.25. The van der Waals surface area contributed by atoms with Crippen LogP contribution in [0.5, 0.6) is 0 Å². The van der Waals surface area contributed by atoms with Gasteiger partial charge in [-0.1, -0.05) is 24.3 Å². The molecule has 0 saturated heterocycles. The molecule has 1 aliphatic rings. The molecule has 1 aliphatic heterocycles. The Morgan fingerprint density at radius 2 is 2.04 bits per heavy atom. The molecule has 1 N–H and O–H groups in total. The Morgan fingerprint density at radius 3 is 2.92 bits per heavy atom. The van der Waals surface area contributed by atoms with E-state index in [-0.39, 0.29) is 12.1 Å². The predicted octanol–water partition coefficient (Wildman–Crippen LogP) is 1.88. The number of aliphatic hydroxyl groups excluding tert-OH is 1. The van der Waals surface area contributed by atoms with E-state index in [2.05, 4.69) is 34.1 Å². The number of benzene rings is 1. The van der Waals surface area contributed by atoms with Gasteiger partial charge in [0.1, 0.15) is 4.83 Å². The molecule has 3 aromatic rings. The van der Waals surface area contributed by atoms with Crippen molar-refractivity contribution >= 4 is 21.6 Å². The fourth-order valence-corrected chi connectivity index (χ4v) is 4.04. The van der Waals surface area contributed by atoms with E-state index in [1.807, 2.05) is 5.38 Å². The summed E-state index contributed by atoms with van der Waals surface area (Å²) in [4.78, 5) is 19.7. The zero-order valence-electron chi connectivity index (χ0n) is 13.3. The lowest BCUT2D eigenvalue weighted by atomic mass is 10.00. The number of fused-ring (bicyclic) bond motifs is 2. The molecule has 0 amide bonds. The highest BCUT2D eigenvalue weighted by molar-refractivity contribution is 7.16. The number of nitrogens with zero attached hydrogens (tertiary/aromatic N) is 3. The maximum Gasteiger partial charge on any atom is 0.262 e. The molecule has 124 valence electrons. The van der Waals surface area contributed by atoms with Gasteiger partial charge in [-0.15, -0.1) is 11.3 Å². The van der Waals surface area contributed by atoms with Crippen LogP contribution in [0.3, 0.4) is 0 Å². The topological polar surface area (TPSA) is 58.4 Å². The van der Waals surface area contributed by atoms with Crippen molar-refractivity contribution in [2.24, 2.45) is 0 Å². The van der Waals surface area contributed by atoms with Gasteiger partial charge in [-0.3, -0.25) is 14.3 Å². The van der Waals surface area contributed by atoms with Crippen molar-refractivity contribution < 1.29 is 5.11 Å². The lowest BCUT2D eigenvalue weighted by Gasteiger charge is -2.30. The fraction of sp³-hybridized carbons (Fsp3) is 0.333. The van der Waals surface area contributed by atoms with Gasteiger partial charge in [0, 0.05) is 19.6 Å². The van der Waals surface area contributed by atoms with Crippen LogP contribution in [0.4, 0.5) is 0 Å². The lowest BCUT2D eigenvalue weighted by Crippen LogP contribution is -2.39. The SMILES string of the molecule is O=c1c2ccsc2ncn1CC(O)CN1CCc2ccccc2C1. The highest BCUT2D eigenvalue weighted by Gasteiger charge is 2.19. The average molecular weight is 341 g/mol. The summed E-state index contributed by atoms with van der Waals surface area (Å²) >= 11 is 1.46. The molecular weight excluding hydrogens is 322 g/mol. The summed E-state index contributed by atoms with van der Waals surface area (Å²) in [6.45, 7) is 2.62. The number of aliphatic hydroxyl groups is 1. The van der Waals surface area contributed by atoms with Crippen LogP contribution in [0.15, 0.2) is 46.8 Å². The van der Waals surface area contributed by atoms with Crippen molar-refractivity contribution in [2.45, 2.75) is 25.6 Å². The standard InChI is InChI=1S/C18H19N3O2S/c22-15(10-20-7-5-13-3-1-2-4-14(13)9-20)11-21-12-19-17-16(18(21)23)6-8-24-17/h1-4,6,8,12,15,22H,5,7,9-11H2. The Hall–Kier alpha value is -2.02. The van der Waals surface area contributed by atoms with E-state index in [0.717, 1.165) is 24.3 Å². The minimum Gasteiger partial charge on any atom is -0.390 e. The molecule has 5 nitrogen and oxygen atoms in total. The summed E-state index contributed by atoms with van der Waals surface area (Å²) in [6.07, 6.45) is 1.95. The van der Waals surface area contributed by atoms with E-state index >= 15 is 0 Å². The quantitative estimate of drug-likeness (QED) is 0.787. The van der Waals surface area contributed by atoms with Crippen LogP contribution in [0, 0.1) is 0 Å². The molecule has 0 bridgehead atoms. The van der Waals surface area contributed by atoms with Gasteiger partial charge >= 0.3 is 0 Å². The van der Waals surface area contributed by atoms with Gasteiger partial charge in [0.25, 0.3) is 5.56 Å². The maximum atomic E-state index is 12.4. The third-order valence-corrected chi connectivity index (χ3v) is 5.36. The first-order chi connectivity index (χ1) is 11.7. The molecule has 0 saturated carbocycles. The van der Waals surface area contributed by atoms with Crippen molar-refractivity contribution in [1.82, 2.24) is 14.5 Å². The molecular formula is C18H19N3O2S. The molecule has 24 heavy (non-hydrogen) atoms. The number of β-amino-alcohol motifs (C(OH)–C–C–N with tert-alkyl or cyclic N) is 1. The molecule has 1 aromatic carbocycles. The Bertz CT molecular complexity index is 918. The summed E-state index contributed by atoms with van der Waals surface area (Å²) < 4.78 is 1.51. The molecule has 3 heterocycles. The predicted molar refractivity (Wildman–Crippen MR) is 95.3 cm³/mol. The summed E-state index contributed by atoms with van der Waals surface area (Å²) in [5.74, 6) is 0. The van der Waals surface area contributed by atoms with E-state index in [0.29, 0.717) is 11.9 Å². The van der Waals surface area contributed by atoms with Crippen LogP contribution in [0.1, 0.15) is 11.1 Å². The summed E-state index contributed by atoms with van der Waals surface area (Å²) in [5, 5.41) is 12.9. The van der Waals surface area contributed by atoms with Crippen molar-refractivity contribution in [2.75, 3.05) is 13.1 Å². The lowest BCUT2D eigenvalue weighted by molar-refractivity contribution is 0.0908. The third-order valence-electron chi connectivity index (χ3n) is 4.54. The van der Waals surface area contributed by atoms with Gasteiger partial charge in [0.15, 0.2) is 0 Å². The van der Waals surface area contributed by atoms with Crippen molar-refractivity contribution in [3.63, 3.8) is 0 Å². The first kappa shape index (κ1) is 15.5. The highest BCUT2D eigenvalue weighted by Crippen LogP contribution is 2.18. The van der Waals surface area contributed by atoms with Crippen LogP contribution in [-0.4, -0.2) is 38.8 Å². The second-order valence-corrected chi connectivity index (χ2v) is 7.14. The van der Waals surface area contributed by atoms with Gasteiger partial charge in [0.2, 0.25) is 0 Å². The maximum absolute atomic E-state index is 12.4. The smallest absolute Gasteiger partial charge is 0.262 e. The molecule has 0 aliphatic carbocycles. The van der Waals surface area contributed by atoms with E-state index in [1.54, 1.807) is 6.07 Å². The highest BCUT2D eigenvalue weighted by atomic mass is 32.1. The molecule has 4 rings (SSSR count). The van der Waals surface area contributed by atoms with Crippen LogP contribution in [0.2, 0.25) is 0 Å². The zero-order valence-corrected chi connectivity index (χ0v) is 14.1. The number of rotatable bonds is 4. The number of aromatic nitrogens is 2. The van der Waals surface area contributed by atoms with Crippen LogP contribution >= 0.6 is 11.3 Å². The van der Waals surface area contributed by atoms with E-state index in [1.165, 1.54) is 33.4 Å². The molecule has 1 atom stereocenters. The number of thiophene rings is 1. The summed E-state index contributed by atoms with van der Waals surface area (Å²) in [6, 6.07) is 10.2. The first-order valence-electron chi connectivity index (χ1n) is 8.10. The second kappa shape index (κ2) is 6.47. The molecule has 0 spiro atoms.